The fourth-order valence-corrected chi connectivity index (χ4v) is 2.19. The third-order valence-corrected chi connectivity index (χ3v) is 3.65. The van der Waals surface area contributed by atoms with E-state index in [9.17, 15) is 4.79 Å². The van der Waals surface area contributed by atoms with E-state index < -0.39 is 0 Å². The largest absolute Gasteiger partial charge is 0.462 e. The number of carbonyl (C=O) groups excluding carboxylic acids is 1. The molecule has 0 amide bonds. The van der Waals surface area contributed by atoms with Gasteiger partial charge in [0.25, 0.3) is 0 Å². The summed E-state index contributed by atoms with van der Waals surface area (Å²) in [4.78, 5) is 16.0. The Labute approximate surface area is 139 Å². The first-order chi connectivity index (χ1) is 11.2. The summed E-state index contributed by atoms with van der Waals surface area (Å²) in [5.41, 5.74) is 0.357. The van der Waals surface area contributed by atoms with Crippen molar-refractivity contribution in [2.24, 2.45) is 0 Å². The van der Waals surface area contributed by atoms with Crippen molar-refractivity contribution in [2.75, 3.05) is 6.61 Å². The number of esters is 1. The Kier molecular flexibility index (Phi) is 10.00. The van der Waals surface area contributed by atoms with Gasteiger partial charge in [-0.3, -0.25) is 0 Å². The maximum Gasteiger partial charge on any atom is 0.333 e. The summed E-state index contributed by atoms with van der Waals surface area (Å²) in [6.07, 6.45) is 10.3. The molecule has 23 heavy (non-hydrogen) atoms. The van der Waals surface area contributed by atoms with Crippen molar-refractivity contribution < 1.29 is 14.1 Å². The number of aryl methyl sites for hydroxylation is 1. The molecule has 0 aliphatic heterocycles. The van der Waals surface area contributed by atoms with E-state index in [-0.39, 0.29) is 12.4 Å². The normalized spacial score (nSPS) is 10.7. The summed E-state index contributed by atoms with van der Waals surface area (Å²) in [6.45, 7) is 8.44. The molecule has 5 nitrogen and oxygen atoms in total. The molecule has 1 aromatic heterocycles. The molecule has 0 saturated carbocycles. The predicted molar refractivity (Wildman–Crippen MR) is 90.1 cm³/mol. The molecular weight excluding hydrogens is 292 g/mol. The summed E-state index contributed by atoms with van der Waals surface area (Å²) in [7, 11) is 0. The van der Waals surface area contributed by atoms with Crippen molar-refractivity contribution >= 4 is 5.97 Å². The van der Waals surface area contributed by atoms with Crippen LogP contribution in [0.5, 0.6) is 0 Å². The summed E-state index contributed by atoms with van der Waals surface area (Å²) >= 11 is 0. The zero-order valence-electron chi connectivity index (χ0n) is 14.6. The lowest BCUT2D eigenvalue weighted by molar-refractivity contribution is -0.139. The van der Waals surface area contributed by atoms with Crippen molar-refractivity contribution in [3.8, 4) is 0 Å². The quantitative estimate of drug-likeness (QED) is 0.306. The van der Waals surface area contributed by atoms with Crippen LogP contribution in [0.1, 0.15) is 76.9 Å². The number of hydrogen-bond donors (Lipinski definition) is 0. The smallest absolute Gasteiger partial charge is 0.333 e. The summed E-state index contributed by atoms with van der Waals surface area (Å²) in [6, 6.07) is 0. The Balaban J connectivity index is 2.24. The minimum Gasteiger partial charge on any atom is -0.462 e. The monoisotopic (exact) mass is 322 g/mol. The van der Waals surface area contributed by atoms with Gasteiger partial charge in [0.2, 0.25) is 5.89 Å². The van der Waals surface area contributed by atoms with Crippen molar-refractivity contribution in [1.29, 1.82) is 0 Å². The molecule has 0 atom stereocenters. The van der Waals surface area contributed by atoms with Gasteiger partial charge in [-0.2, -0.15) is 4.98 Å². The number of carbonyl (C=O) groups is 1. The molecule has 1 heterocycles. The maximum atomic E-state index is 11.7. The van der Waals surface area contributed by atoms with Gasteiger partial charge >= 0.3 is 5.97 Å². The van der Waals surface area contributed by atoms with Crippen LogP contribution in [-0.4, -0.2) is 22.7 Å². The second kappa shape index (κ2) is 11.9. The topological polar surface area (TPSA) is 65.2 Å². The second-order valence-electron chi connectivity index (χ2n) is 5.89. The Bertz CT molecular complexity index is 469. The molecule has 1 aromatic rings. The average molecular weight is 322 g/mol. The molecule has 0 fully saturated rings. The van der Waals surface area contributed by atoms with Gasteiger partial charge in [-0.15, -0.1) is 0 Å². The third kappa shape index (κ3) is 8.53. The lowest BCUT2D eigenvalue weighted by atomic mass is 10.1. The molecule has 1 rings (SSSR count). The zero-order valence-corrected chi connectivity index (χ0v) is 14.6. The fraction of sp³-hybridized carbons (Fsp3) is 0.722. The van der Waals surface area contributed by atoms with Crippen LogP contribution < -0.4 is 0 Å². The Morgan fingerprint density at radius 2 is 1.78 bits per heavy atom. The first-order valence-corrected chi connectivity index (χ1v) is 8.83. The first-order valence-electron chi connectivity index (χ1n) is 8.83. The lowest BCUT2D eigenvalue weighted by Crippen LogP contribution is -2.10. The summed E-state index contributed by atoms with van der Waals surface area (Å²) < 4.78 is 10.3. The van der Waals surface area contributed by atoms with Gasteiger partial charge in [-0.1, -0.05) is 64.1 Å². The highest BCUT2D eigenvalue weighted by molar-refractivity contribution is 5.87. The van der Waals surface area contributed by atoms with E-state index in [1.165, 1.54) is 32.1 Å². The van der Waals surface area contributed by atoms with Crippen molar-refractivity contribution in [3.05, 3.63) is 23.9 Å². The highest BCUT2D eigenvalue weighted by atomic mass is 16.5. The minimum absolute atomic E-state index is 0.258. The summed E-state index contributed by atoms with van der Waals surface area (Å²) in [5, 5.41) is 3.96. The van der Waals surface area contributed by atoms with Crippen molar-refractivity contribution in [3.63, 3.8) is 0 Å². The van der Waals surface area contributed by atoms with Gasteiger partial charge in [-0.25, -0.2) is 4.79 Å². The molecule has 0 aliphatic carbocycles. The van der Waals surface area contributed by atoms with Crippen LogP contribution in [0.3, 0.4) is 0 Å². The van der Waals surface area contributed by atoms with E-state index in [0.29, 0.717) is 23.9 Å². The molecule has 130 valence electrons. The summed E-state index contributed by atoms with van der Waals surface area (Å²) in [5.74, 6) is 0.764. The number of ether oxygens (including phenoxy) is 1. The van der Waals surface area contributed by atoms with Crippen LogP contribution in [-0.2, 0) is 22.4 Å². The second-order valence-corrected chi connectivity index (χ2v) is 5.89. The molecule has 0 unspecified atom stereocenters. The van der Waals surface area contributed by atoms with E-state index >= 15 is 0 Å². The molecule has 0 bridgehead atoms. The molecule has 0 radical (unpaired) electrons. The van der Waals surface area contributed by atoms with Gasteiger partial charge < -0.3 is 9.26 Å². The number of hydrogen-bond acceptors (Lipinski definition) is 5. The van der Waals surface area contributed by atoms with Crippen molar-refractivity contribution in [1.82, 2.24) is 10.1 Å². The zero-order chi connectivity index (χ0) is 16.9. The number of unbranched alkanes of at least 4 members (excludes halogenated alkanes) is 6. The van der Waals surface area contributed by atoms with Crippen LogP contribution in [0.2, 0.25) is 0 Å². The van der Waals surface area contributed by atoms with Crippen LogP contribution >= 0.6 is 0 Å². The number of nitrogens with zero attached hydrogens (tertiary/aromatic N) is 2. The van der Waals surface area contributed by atoms with Gasteiger partial charge in [0.05, 0.1) is 13.0 Å². The Hall–Kier alpha value is -1.65. The average Bonchev–Trinajstić information content (AvgIpc) is 2.98. The third-order valence-electron chi connectivity index (χ3n) is 3.65. The fourth-order valence-electron chi connectivity index (χ4n) is 2.19. The molecule has 0 aromatic carbocycles. The first kappa shape index (κ1) is 19.4. The van der Waals surface area contributed by atoms with Gasteiger partial charge in [0.15, 0.2) is 5.82 Å². The van der Waals surface area contributed by atoms with Crippen molar-refractivity contribution in [2.45, 2.75) is 78.1 Å². The van der Waals surface area contributed by atoms with Crippen LogP contribution in [0.25, 0.3) is 0 Å². The Morgan fingerprint density at radius 3 is 2.52 bits per heavy atom. The maximum absolute atomic E-state index is 11.7. The molecular formula is C18H30N2O3. The van der Waals surface area contributed by atoms with E-state index in [4.69, 9.17) is 9.26 Å². The van der Waals surface area contributed by atoms with E-state index in [0.717, 1.165) is 25.7 Å². The SMILES string of the molecule is C=C(Cc1nc(CCCCCCCC)no1)C(=O)OCCCC. The molecule has 0 N–H and O–H groups in total. The Morgan fingerprint density at radius 1 is 1.09 bits per heavy atom. The number of aromatic nitrogens is 2. The predicted octanol–water partition coefficient (Wildman–Crippen LogP) is 4.41. The molecule has 0 saturated heterocycles. The molecule has 5 heteroatoms. The van der Waals surface area contributed by atoms with Crippen LogP contribution in [0, 0.1) is 0 Å². The lowest BCUT2D eigenvalue weighted by Gasteiger charge is -2.04. The van der Waals surface area contributed by atoms with Gasteiger partial charge in [0.1, 0.15) is 0 Å². The minimum atomic E-state index is -0.380. The van der Waals surface area contributed by atoms with Gasteiger partial charge in [0, 0.05) is 12.0 Å². The number of rotatable bonds is 13. The standard InChI is InChI=1S/C18H30N2O3/c1-4-6-8-9-10-11-12-16-19-17(23-20-16)14-15(3)18(21)22-13-7-5-2/h3-14H2,1-2H3. The van der Waals surface area contributed by atoms with E-state index in [1.807, 2.05) is 6.92 Å². The van der Waals surface area contributed by atoms with E-state index in [1.54, 1.807) is 0 Å². The van der Waals surface area contributed by atoms with Gasteiger partial charge in [-0.05, 0) is 12.8 Å². The van der Waals surface area contributed by atoms with E-state index in [2.05, 4.69) is 23.6 Å². The molecule has 0 aliphatic rings. The molecule has 0 spiro atoms. The van der Waals surface area contributed by atoms with Crippen LogP contribution in [0.15, 0.2) is 16.7 Å². The highest BCUT2D eigenvalue weighted by Gasteiger charge is 2.14. The van der Waals surface area contributed by atoms with Crippen LogP contribution in [0.4, 0.5) is 0 Å². The highest BCUT2D eigenvalue weighted by Crippen LogP contribution is 2.10.